The normalized spacial score (nSPS) is 10.3. The molecule has 0 aliphatic rings. The standard InChI is InChI=1S/C18H17Br2N3O6/c1-8-5-10(19)6-9(2)14(8)21-18(25)22-17(24)13-15(28-3)11(20)7-12(23(26)27)16(13)29-4/h5-7H,1-4H3,(H2,21,22,24,25). The van der Waals surface area contributed by atoms with Gasteiger partial charge >= 0.3 is 11.7 Å². The van der Waals surface area contributed by atoms with Gasteiger partial charge in [0.25, 0.3) is 5.91 Å². The largest absolute Gasteiger partial charge is 0.495 e. The van der Waals surface area contributed by atoms with Crippen molar-refractivity contribution in [3.8, 4) is 11.5 Å². The number of nitro benzene ring substituents is 1. The Kier molecular flexibility index (Phi) is 7.20. The van der Waals surface area contributed by atoms with Crippen LogP contribution in [0.25, 0.3) is 0 Å². The van der Waals surface area contributed by atoms with Gasteiger partial charge in [0.2, 0.25) is 5.75 Å². The number of nitrogens with zero attached hydrogens (tertiary/aromatic N) is 1. The van der Waals surface area contributed by atoms with Gasteiger partial charge in [-0.1, -0.05) is 15.9 Å². The van der Waals surface area contributed by atoms with Crippen LogP contribution < -0.4 is 20.1 Å². The molecule has 0 heterocycles. The number of methoxy groups -OCH3 is 2. The van der Waals surface area contributed by atoms with Crippen molar-refractivity contribution in [3.05, 3.63) is 53.9 Å². The lowest BCUT2D eigenvalue weighted by Gasteiger charge is -2.16. The first-order valence-electron chi connectivity index (χ1n) is 8.08. The Bertz CT molecular complexity index is 987. The molecule has 2 aromatic carbocycles. The van der Waals surface area contributed by atoms with Crippen molar-refractivity contribution in [2.24, 2.45) is 0 Å². The lowest BCUT2D eigenvalue weighted by atomic mass is 10.1. The molecule has 0 atom stereocenters. The van der Waals surface area contributed by atoms with Crippen molar-refractivity contribution < 1.29 is 24.0 Å². The number of urea groups is 1. The number of nitro groups is 1. The topological polar surface area (TPSA) is 120 Å². The first kappa shape index (κ1) is 22.6. The first-order chi connectivity index (χ1) is 13.6. The SMILES string of the molecule is COc1c(Br)cc([N+](=O)[O-])c(OC)c1C(=O)NC(=O)Nc1c(C)cc(Br)cc1C. The van der Waals surface area contributed by atoms with E-state index in [4.69, 9.17) is 9.47 Å². The second-order valence-corrected chi connectivity index (χ2v) is 7.67. The van der Waals surface area contributed by atoms with Crippen molar-refractivity contribution in [1.82, 2.24) is 5.32 Å². The van der Waals surface area contributed by atoms with Crippen LogP contribution in [-0.4, -0.2) is 31.1 Å². The van der Waals surface area contributed by atoms with E-state index in [0.29, 0.717) is 5.69 Å². The molecule has 0 bridgehead atoms. The Hall–Kier alpha value is -2.66. The van der Waals surface area contributed by atoms with Crippen LogP contribution in [0, 0.1) is 24.0 Å². The van der Waals surface area contributed by atoms with Crippen molar-refractivity contribution in [2.75, 3.05) is 19.5 Å². The van der Waals surface area contributed by atoms with Crippen LogP contribution in [-0.2, 0) is 0 Å². The Morgan fingerprint density at radius 2 is 1.59 bits per heavy atom. The molecule has 2 rings (SSSR count). The molecule has 0 saturated heterocycles. The van der Waals surface area contributed by atoms with E-state index in [0.717, 1.165) is 21.7 Å². The number of rotatable bonds is 5. The van der Waals surface area contributed by atoms with Gasteiger partial charge in [-0.3, -0.25) is 20.2 Å². The molecule has 154 valence electrons. The number of amides is 3. The van der Waals surface area contributed by atoms with Gasteiger partial charge in [-0.15, -0.1) is 0 Å². The fraction of sp³-hybridized carbons (Fsp3) is 0.222. The molecular formula is C18H17Br2N3O6. The molecule has 0 fully saturated rings. The summed E-state index contributed by atoms with van der Waals surface area (Å²) in [5, 5.41) is 16.1. The highest BCUT2D eigenvalue weighted by atomic mass is 79.9. The number of aryl methyl sites for hydroxylation is 2. The molecule has 3 amide bonds. The summed E-state index contributed by atoms with van der Waals surface area (Å²) in [6.07, 6.45) is 0. The molecule has 0 spiro atoms. The van der Waals surface area contributed by atoms with Crippen LogP contribution in [0.5, 0.6) is 11.5 Å². The highest BCUT2D eigenvalue weighted by molar-refractivity contribution is 9.10. The van der Waals surface area contributed by atoms with Crippen molar-refractivity contribution >= 4 is 55.2 Å². The van der Waals surface area contributed by atoms with Gasteiger partial charge in [0.05, 0.1) is 23.6 Å². The van der Waals surface area contributed by atoms with Crippen LogP contribution in [0.3, 0.4) is 0 Å². The molecule has 2 N–H and O–H groups in total. The number of benzene rings is 2. The third-order valence-electron chi connectivity index (χ3n) is 3.96. The lowest BCUT2D eigenvalue weighted by molar-refractivity contribution is -0.385. The van der Waals surface area contributed by atoms with E-state index in [9.17, 15) is 19.7 Å². The molecule has 9 nitrogen and oxygen atoms in total. The highest BCUT2D eigenvalue weighted by Crippen LogP contribution is 2.42. The molecule has 11 heteroatoms. The molecule has 0 saturated carbocycles. The fourth-order valence-electron chi connectivity index (χ4n) is 2.77. The summed E-state index contributed by atoms with van der Waals surface area (Å²) in [5.41, 5.74) is 1.37. The molecule has 29 heavy (non-hydrogen) atoms. The van der Waals surface area contributed by atoms with Crippen LogP contribution in [0.15, 0.2) is 27.1 Å². The maximum atomic E-state index is 12.8. The van der Waals surface area contributed by atoms with E-state index >= 15 is 0 Å². The summed E-state index contributed by atoms with van der Waals surface area (Å²) in [5.74, 6) is -1.25. The van der Waals surface area contributed by atoms with Gasteiger partial charge in [-0.2, -0.15) is 0 Å². The number of halogens is 2. The van der Waals surface area contributed by atoms with Crippen LogP contribution >= 0.6 is 31.9 Å². The summed E-state index contributed by atoms with van der Waals surface area (Å²) in [4.78, 5) is 35.8. The zero-order valence-corrected chi connectivity index (χ0v) is 19.1. The minimum Gasteiger partial charge on any atom is -0.495 e. The van der Waals surface area contributed by atoms with Crippen molar-refractivity contribution in [1.29, 1.82) is 0 Å². The Morgan fingerprint density at radius 1 is 1.03 bits per heavy atom. The van der Waals surface area contributed by atoms with Gasteiger partial charge in [0.1, 0.15) is 11.3 Å². The van der Waals surface area contributed by atoms with Crippen LogP contribution in [0.1, 0.15) is 21.5 Å². The monoisotopic (exact) mass is 529 g/mol. The third-order valence-corrected chi connectivity index (χ3v) is 5.01. The zero-order valence-electron chi connectivity index (χ0n) is 15.9. The predicted octanol–water partition coefficient (Wildman–Crippen LogP) is 4.72. The average Bonchev–Trinajstić information content (AvgIpc) is 2.63. The number of carbonyl (C=O) groups excluding carboxylic acids is 2. The van der Waals surface area contributed by atoms with E-state index in [1.807, 2.05) is 12.1 Å². The number of nitrogens with one attached hydrogen (secondary N) is 2. The van der Waals surface area contributed by atoms with E-state index in [1.165, 1.54) is 14.2 Å². The molecule has 0 radical (unpaired) electrons. The van der Waals surface area contributed by atoms with Crippen molar-refractivity contribution in [3.63, 3.8) is 0 Å². The second kappa shape index (κ2) is 9.23. The van der Waals surface area contributed by atoms with Gasteiger partial charge in [-0.05, 0) is 53.0 Å². The third kappa shape index (κ3) is 4.85. The van der Waals surface area contributed by atoms with Gasteiger partial charge < -0.3 is 14.8 Å². The number of hydrogen-bond donors (Lipinski definition) is 2. The molecule has 0 aliphatic carbocycles. The summed E-state index contributed by atoms with van der Waals surface area (Å²) < 4.78 is 11.3. The fourth-order valence-corrected chi connectivity index (χ4v) is 4.03. The van der Waals surface area contributed by atoms with Gasteiger partial charge in [0.15, 0.2) is 0 Å². The number of hydrogen-bond acceptors (Lipinski definition) is 6. The molecular weight excluding hydrogens is 514 g/mol. The van der Waals surface area contributed by atoms with Crippen LogP contribution in [0.2, 0.25) is 0 Å². The molecule has 0 unspecified atom stereocenters. The van der Waals surface area contributed by atoms with E-state index in [1.54, 1.807) is 13.8 Å². The number of imide groups is 1. The molecule has 0 aromatic heterocycles. The minimum atomic E-state index is -0.923. The lowest BCUT2D eigenvalue weighted by Crippen LogP contribution is -2.35. The Morgan fingerprint density at radius 3 is 2.07 bits per heavy atom. The van der Waals surface area contributed by atoms with Gasteiger partial charge in [-0.25, -0.2) is 4.79 Å². The average molecular weight is 531 g/mol. The maximum Gasteiger partial charge on any atom is 0.326 e. The quantitative estimate of drug-likeness (QED) is 0.426. The summed E-state index contributed by atoms with van der Waals surface area (Å²) in [7, 11) is 2.47. The Balaban J connectivity index is 2.40. The van der Waals surface area contributed by atoms with Gasteiger partial charge in [0, 0.05) is 16.2 Å². The maximum absolute atomic E-state index is 12.8. The van der Waals surface area contributed by atoms with E-state index < -0.39 is 22.5 Å². The zero-order chi connectivity index (χ0) is 21.9. The second-order valence-electron chi connectivity index (χ2n) is 5.90. The van der Waals surface area contributed by atoms with E-state index in [2.05, 4.69) is 42.5 Å². The molecule has 0 aliphatic heterocycles. The minimum absolute atomic E-state index is 0.00578. The summed E-state index contributed by atoms with van der Waals surface area (Å²) >= 11 is 6.51. The van der Waals surface area contributed by atoms with Crippen LogP contribution in [0.4, 0.5) is 16.2 Å². The number of ether oxygens (including phenoxy) is 2. The highest BCUT2D eigenvalue weighted by Gasteiger charge is 2.31. The van der Waals surface area contributed by atoms with Crippen molar-refractivity contribution in [2.45, 2.75) is 13.8 Å². The predicted molar refractivity (Wildman–Crippen MR) is 114 cm³/mol. The number of anilines is 1. The summed E-state index contributed by atoms with van der Waals surface area (Å²) in [6.45, 7) is 3.61. The Labute approximate surface area is 183 Å². The summed E-state index contributed by atoms with van der Waals surface area (Å²) in [6, 6.07) is 3.97. The number of carbonyl (C=O) groups is 2. The smallest absolute Gasteiger partial charge is 0.326 e. The van der Waals surface area contributed by atoms with E-state index in [-0.39, 0.29) is 21.5 Å². The first-order valence-corrected chi connectivity index (χ1v) is 9.67. The molecule has 2 aromatic rings.